The van der Waals surface area contributed by atoms with Gasteiger partial charge in [0.25, 0.3) is 0 Å². The van der Waals surface area contributed by atoms with Crippen LogP contribution in [0.15, 0.2) is 24.3 Å². The highest BCUT2D eigenvalue weighted by Gasteiger charge is 2.48. The molecule has 13 heteroatoms. The van der Waals surface area contributed by atoms with Crippen molar-refractivity contribution in [1.82, 2.24) is 0 Å². The summed E-state index contributed by atoms with van der Waals surface area (Å²) in [7, 11) is -5.06. The minimum Gasteiger partial charge on any atom is -0.457 e. The first kappa shape index (κ1) is 55.6. The molecule has 0 aromatic heterocycles. The Morgan fingerprint density at radius 1 is 0.644 bits per heavy atom. The summed E-state index contributed by atoms with van der Waals surface area (Å²) in [6, 6.07) is 0. The maximum atomic E-state index is 12.9. The summed E-state index contributed by atoms with van der Waals surface area (Å²) in [4.78, 5) is 12.9. The van der Waals surface area contributed by atoms with E-state index in [4.69, 9.17) is 23.5 Å². The molecule has 0 aromatic rings. The molecular weight excluding hydrogens is 777 g/mol. The number of hydrogen-bond acceptors (Lipinski definition) is 11. The Morgan fingerprint density at radius 3 is 1.64 bits per heavy atom. The van der Waals surface area contributed by atoms with Gasteiger partial charge in [0.2, 0.25) is 0 Å². The van der Waals surface area contributed by atoms with Crippen LogP contribution < -0.4 is 0 Å². The van der Waals surface area contributed by atoms with Crippen LogP contribution in [0, 0.1) is 0 Å². The van der Waals surface area contributed by atoms with Gasteiger partial charge in [-0.3, -0.25) is 9.35 Å². The van der Waals surface area contributed by atoms with Crippen molar-refractivity contribution in [2.24, 2.45) is 0 Å². The summed E-state index contributed by atoms with van der Waals surface area (Å²) >= 11 is 0. The first-order valence-corrected chi connectivity index (χ1v) is 25.0. The zero-order chi connectivity index (χ0) is 43.2. The minimum atomic E-state index is -5.06. The first-order chi connectivity index (χ1) is 28.6. The quantitative estimate of drug-likeness (QED) is 0.0198. The number of unbranched alkanes of at least 4 members (excludes halogenated alkanes) is 24. The summed E-state index contributed by atoms with van der Waals surface area (Å²) in [5.74, 6) is -0.405. The molecule has 1 aliphatic rings. The Kier molecular flexibility index (Phi) is 36.1. The normalized spacial score (nSPS) is 20.5. The smallest absolute Gasteiger partial charge is 0.397 e. The Morgan fingerprint density at radius 2 is 1.12 bits per heavy atom. The van der Waals surface area contributed by atoms with E-state index in [1.54, 1.807) is 0 Å². The number of rotatable bonds is 41. The van der Waals surface area contributed by atoms with Gasteiger partial charge in [-0.15, -0.1) is 0 Å². The average molecular weight is 863 g/mol. The third-order valence-electron chi connectivity index (χ3n) is 10.8. The number of carbonyl (C=O) groups is 1. The molecule has 1 rings (SSSR count). The van der Waals surface area contributed by atoms with Crippen molar-refractivity contribution in [1.29, 1.82) is 0 Å². The van der Waals surface area contributed by atoms with Gasteiger partial charge >= 0.3 is 16.4 Å². The number of allylic oxidation sites excluding steroid dienone is 4. The highest BCUT2D eigenvalue weighted by Crippen LogP contribution is 2.26. The van der Waals surface area contributed by atoms with E-state index < -0.39 is 59.8 Å². The first-order valence-electron chi connectivity index (χ1n) is 23.6. The van der Waals surface area contributed by atoms with Crippen molar-refractivity contribution in [3.05, 3.63) is 24.3 Å². The van der Waals surface area contributed by atoms with Crippen LogP contribution in [0.5, 0.6) is 0 Å². The van der Waals surface area contributed by atoms with Crippen LogP contribution in [0.4, 0.5) is 0 Å². The van der Waals surface area contributed by atoms with E-state index in [1.807, 2.05) is 0 Å². The number of aliphatic hydroxyl groups excluding tert-OH is 3. The van der Waals surface area contributed by atoms with Gasteiger partial charge in [-0.25, -0.2) is 4.18 Å². The number of carbonyl (C=O) groups excluding carboxylic acids is 1. The third kappa shape index (κ3) is 32.0. The number of ether oxygens (including phenoxy) is 4. The lowest BCUT2D eigenvalue weighted by Gasteiger charge is -2.41. The third-order valence-corrected chi connectivity index (χ3v) is 11.3. The van der Waals surface area contributed by atoms with Gasteiger partial charge in [0.1, 0.15) is 30.5 Å². The van der Waals surface area contributed by atoms with Crippen molar-refractivity contribution < 1.29 is 56.2 Å². The molecule has 348 valence electrons. The van der Waals surface area contributed by atoms with Crippen molar-refractivity contribution in [2.45, 2.75) is 237 Å². The highest BCUT2D eigenvalue weighted by atomic mass is 32.3. The van der Waals surface area contributed by atoms with Crippen LogP contribution in [-0.2, 0) is 38.3 Å². The summed E-state index contributed by atoms with van der Waals surface area (Å²) < 4.78 is 59.1. The SMILES string of the molecule is CCCCC/C=C\C/C=C\CCCCCCCCCC(=O)OC(COCCCCCCCCCCCCCCCCC)COC1OC(CO)C(O)C(OS(=O)(=O)O)C1O. The molecule has 59 heavy (non-hydrogen) atoms. The second-order valence-corrected chi connectivity index (χ2v) is 17.4. The molecule has 0 amide bonds. The van der Waals surface area contributed by atoms with Gasteiger partial charge in [0.15, 0.2) is 6.29 Å². The Hall–Kier alpha value is -1.42. The fourth-order valence-corrected chi connectivity index (χ4v) is 7.74. The molecule has 0 bridgehead atoms. The molecule has 1 fully saturated rings. The largest absolute Gasteiger partial charge is 0.457 e. The summed E-state index contributed by atoms with van der Waals surface area (Å²) in [5, 5.41) is 30.7. The number of aliphatic hydroxyl groups is 3. The molecule has 0 aliphatic carbocycles. The molecule has 0 spiro atoms. The lowest BCUT2D eigenvalue weighted by Crippen LogP contribution is -2.60. The maximum Gasteiger partial charge on any atom is 0.397 e. The predicted octanol–water partition coefficient (Wildman–Crippen LogP) is 10.0. The van der Waals surface area contributed by atoms with Gasteiger partial charge in [-0.1, -0.05) is 173 Å². The van der Waals surface area contributed by atoms with E-state index >= 15 is 0 Å². The van der Waals surface area contributed by atoms with Crippen LogP contribution in [-0.4, -0.2) is 97.5 Å². The molecular formula is C46H86O12S. The van der Waals surface area contributed by atoms with Gasteiger partial charge in [-0.2, -0.15) is 8.42 Å². The molecule has 6 atom stereocenters. The second kappa shape index (κ2) is 38.3. The van der Waals surface area contributed by atoms with E-state index in [2.05, 4.69) is 42.3 Å². The van der Waals surface area contributed by atoms with Crippen molar-refractivity contribution in [3.63, 3.8) is 0 Å². The zero-order valence-corrected chi connectivity index (χ0v) is 37.9. The predicted molar refractivity (Wildman–Crippen MR) is 234 cm³/mol. The fraction of sp³-hybridized carbons (Fsp3) is 0.891. The summed E-state index contributed by atoms with van der Waals surface area (Å²) in [6.45, 7) is 3.98. The number of hydrogen-bond donors (Lipinski definition) is 4. The van der Waals surface area contributed by atoms with Crippen LogP contribution >= 0.6 is 0 Å². The van der Waals surface area contributed by atoms with Crippen molar-refractivity contribution in [2.75, 3.05) is 26.4 Å². The molecule has 1 heterocycles. The van der Waals surface area contributed by atoms with Crippen LogP contribution in [0.1, 0.15) is 200 Å². The molecule has 1 aliphatic heterocycles. The summed E-state index contributed by atoms with van der Waals surface area (Å²) in [6.07, 6.45) is 33.4. The van der Waals surface area contributed by atoms with Crippen molar-refractivity contribution in [3.8, 4) is 0 Å². The minimum absolute atomic E-state index is 0.0368. The Balaban J connectivity index is 2.41. The molecule has 0 radical (unpaired) electrons. The fourth-order valence-electron chi connectivity index (χ4n) is 7.23. The van der Waals surface area contributed by atoms with E-state index in [0.29, 0.717) is 13.0 Å². The summed E-state index contributed by atoms with van der Waals surface area (Å²) in [5.41, 5.74) is 0. The second-order valence-electron chi connectivity index (χ2n) is 16.4. The topological polar surface area (TPSA) is 178 Å². The molecule has 6 unspecified atom stereocenters. The van der Waals surface area contributed by atoms with Crippen molar-refractivity contribution >= 4 is 16.4 Å². The Bertz CT molecular complexity index is 1130. The average Bonchev–Trinajstić information content (AvgIpc) is 3.20. The van der Waals surface area contributed by atoms with Crippen LogP contribution in [0.3, 0.4) is 0 Å². The van der Waals surface area contributed by atoms with E-state index in [1.165, 1.54) is 122 Å². The molecule has 12 nitrogen and oxygen atoms in total. The lowest BCUT2D eigenvalue weighted by molar-refractivity contribution is -0.301. The van der Waals surface area contributed by atoms with E-state index in [-0.39, 0.29) is 19.6 Å². The molecule has 0 saturated carbocycles. The standard InChI is InChI=1S/C46H86O12S/c1-3-5-7-9-11-13-15-17-19-20-21-23-25-27-29-31-33-35-42(48)56-40(39-55-46-44(50)45(58-59(51,52)53)43(49)41(37-47)57-46)38-54-36-34-32-30-28-26-24-22-18-16-14-12-10-8-6-4-2/h11,13,17,19,40-41,43-47,49-50H,3-10,12,14-16,18,20-39H2,1-2H3,(H,51,52,53)/b13-11-,19-17-. The molecule has 0 aromatic carbocycles. The monoisotopic (exact) mass is 863 g/mol. The van der Waals surface area contributed by atoms with E-state index in [0.717, 1.165) is 51.4 Å². The van der Waals surface area contributed by atoms with Crippen LogP contribution in [0.2, 0.25) is 0 Å². The lowest BCUT2D eigenvalue weighted by atomic mass is 9.99. The van der Waals surface area contributed by atoms with Gasteiger partial charge < -0.3 is 34.3 Å². The van der Waals surface area contributed by atoms with Crippen LogP contribution in [0.25, 0.3) is 0 Å². The van der Waals surface area contributed by atoms with Gasteiger partial charge in [0.05, 0.1) is 19.8 Å². The molecule has 1 saturated heterocycles. The maximum absolute atomic E-state index is 12.9. The molecule has 4 N–H and O–H groups in total. The Labute approximate surface area is 359 Å². The van der Waals surface area contributed by atoms with Gasteiger partial charge in [0, 0.05) is 13.0 Å². The zero-order valence-electron chi connectivity index (χ0n) is 37.1. The van der Waals surface area contributed by atoms with Gasteiger partial charge in [-0.05, 0) is 44.9 Å². The van der Waals surface area contributed by atoms with E-state index in [9.17, 15) is 28.5 Å². The highest BCUT2D eigenvalue weighted by molar-refractivity contribution is 7.80. The number of esters is 1.